The maximum atomic E-state index is 14.3. The van der Waals surface area contributed by atoms with Crippen LogP contribution in [0.2, 0.25) is 15.1 Å². The van der Waals surface area contributed by atoms with Gasteiger partial charge in [0.05, 0.1) is 15.1 Å². The topological polar surface area (TPSA) is 32.3 Å². The molecule has 1 amide bonds. The van der Waals surface area contributed by atoms with Gasteiger partial charge in [-0.1, -0.05) is 46.9 Å². The van der Waals surface area contributed by atoms with E-state index < -0.39 is 11.6 Å². The lowest BCUT2D eigenvalue weighted by Gasteiger charge is -2.33. The fraction of sp³-hybridized carbons (Fsp3) is 0.435. The van der Waals surface area contributed by atoms with Gasteiger partial charge in [-0.05, 0) is 61.1 Å². The quantitative estimate of drug-likeness (QED) is 0.459. The van der Waals surface area contributed by atoms with Crippen LogP contribution in [-0.2, 0) is 16.6 Å². The summed E-state index contributed by atoms with van der Waals surface area (Å²) in [6.07, 6.45) is -2.00. The zero-order valence-electron chi connectivity index (χ0n) is 17.1. The van der Waals surface area contributed by atoms with Gasteiger partial charge in [0.1, 0.15) is 5.41 Å². The predicted molar refractivity (Wildman–Crippen MR) is 122 cm³/mol. The Morgan fingerprint density at radius 3 is 2.28 bits per heavy atom. The first-order chi connectivity index (χ1) is 15.1. The Kier molecular flexibility index (Phi) is 6.59. The molecule has 2 fully saturated rings. The van der Waals surface area contributed by atoms with E-state index in [0.29, 0.717) is 18.7 Å². The van der Waals surface area contributed by atoms with Crippen molar-refractivity contribution in [2.24, 2.45) is 5.92 Å². The maximum absolute atomic E-state index is 14.3. The third-order valence-electron chi connectivity index (χ3n) is 6.31. The lowest BCUT2D eigenvalue weighted by Crippen LogP contribution is -2.44. The first-order valence-electron chi connectivity index (χ1n) is 10.4. The van der Waals surface area contributed by atoms with E-state index in [9.17, 15) is 18.0 Å². The highest BCUT2D eigenvalue weighted by molar-refractivity contribution is 6.48. The molecule has 1 atom stereocenters. The predicted octanol–water partition coefficient (Wildman–Crippen LogP) is 6.43. The Morgan fingerprint density at radius 2 is 1.72 bits per heavy atom. The zero-order valence-corrected chi connectivity index (χ0v) is 19.4. The van der Waals surface area contributed by atoms with Crippen LogP contribution in [0.3, 0.4) is 0 Å². The highest BCUT2D eigenvalue weighted by Crippen LogP contribution is 2.50. The molecule has 1 saturated heterocycles. The smallest absolute Gasteiger partial charge is 0.370 e. The van der Waals surface area contributed by atoms with Crippen molar-refractivity contribution in [1.82, 2.24) is 5.32 Å². The van der Waals surface area contributed by atoms with E-state index in [-0.39, 0.29) is 52.0 Å². The first-order valence-corrected chi connectivity index (χ1v) is 11.6. The lowest BCUT2D eigenvalue weighted by atomic mass is 9.79. The number of amides is 1. The van der Waals surface area contributed by atoms with Gasteiger partial charge < -0.3 is 10.2 Å². The first kappa shape index (κ1) is 23.5. The van der Waals surface area contributed by atoms with Gasteiger partial charge in [0, 0.05) is 31.2 Å². The van der Waals surface area contributed by atoms with Gasteiger partial charge in [-0.25, -0.2) is 0 Å². The third kappa shape index (κ3) is 4.68. The molecule has 1 unspecified atom stereocenters. The summed E-state index contributed by atoms with van der Waals surface area (Å²) in [5, 5.41) is 2.98. The monoisotopic (exact) mass is 504 g/mol. The van der Waals surface area contributed by atoms with Crippen molar-refractivity contribution >= 4 is 46.4 Å². The number of benzene rings is 2. The minimum absolute atomic E-state index is 0.00868. The molecule has 0 bridgehead atoms. The van der Waals surface area contributed by atoms with E-state index in [1.165, 1.54) is 12.1 Å². The molecule has 2 aromatic carbocycles. The molecule has 1 aliphatic carbocycles. The summed E-state index contributed by atoms with van der Waals surface area (Å²) in [5.74, 6) is 0.274. The summed E-state index contributed by atoms with van der Waals surface area (Å²) in [6, 6.07) is 9.97. The Labute approximate surface area is 199 Å². The fourth-order valence-corrected chi connectivity index (χ4v) is 4.78. The summed E-state index contributed by atoms with van der Waals surface area (Å²) in [7, 11) is 0. The van der Waals surface area contributed by atoms with Crippen LogP contribution >= 0.6 is 34.8 Å². The van der Waals surface area contributed by atoms with Crippen LogP contribution in [-0.4, -0.2) is 31.7 Å². The van der Waals surface area contributed by atoms with Gasteiger partial charge >= 0.3 is 6.18 Å². The van der Waals surface area contributed by atoms with Crippen molar-refractivity contribution < 1.29 is 18.0 Å². The molecule has 1 saturated carbocycles. The molecule has 3 nitrogen and oxygen atoms in total. The van der Waals surface area contributed by atoms with Crippen LogP contribution in [0.5, 0.6) is 0 Å². The highest BCUT2D eigenvalue weighted by Gasteiger charge is 2.59. The zero-order chi connectivity index (χ0) is 23.1. The number of hydrogen-bond acceptors (Lipinski definition) is 2. The summed E-state index contributed by atoms with van der Waals surface area (Å²) in [6.45, 7) is 0.559. The van der Waals surface area contributed by atoms with Crippen molar-refractivity contribution in [1.29, 1.82) is 0 Å². The number of carbonyl (C=O) groups is 1. The Hall–Kier alpha value is -1.63. The second-order valence-electron chi connectivity index (χ2n) is 8.49. The molecule has 32 heavy (non-hydrogen) atoms. The second-order valence-corrected chi connectivity index (χ2v) is 9.68. The average molecular weight is 506 g/mol. The van der Waals surface area contributed by atoms with Crippen molar-refractivity contribution in [3.63, 3.8) is 0 Å². The lowest BCUT2D eigenvalue weighted by molar-refractivity contribution is -0.184. The normalized spacial score (nSPS) is 21.1. The van der Waals surface area contributed by atoms with Crippen LogP contribution in [0.1, 0.15) is 30.4 Å². The SMILES string of the molecule is O=C(NCCc1ccc(N2CCC(c3cc(Cl)c(Cl)c(Cl)c3)(C(F)(F)F)C2)cc1)C1CC1. The number of carbonyl (C=O) groups excluding carboxylic acids is 1. The minimum atomic E-state index is -4.48. The molecule has 1 N–H and O–H groups in total. The maximum Gasteiger partial charge on any atom is 0.400 e. The summed E-state index contributed by atoms with van der Waals surface area (Å²) in [5.41, 5.74) is -0.332. The molecular formula is C23H22Cl3F3N2O. The summed E-state index contributed by atoms with van der Waals surface area (Å²) < 4.78 is 42.9. The number of alkyl halides is 3. The average Bonchev–Trinajstić information content (AvgIpc) is 3.49. The van der Waals surface area contributed by atoms with E-state index in [1.807, 2.05) is 24.3 Å². The van der Waals surface area contributed by atoms with Gasteiger partial charge in [0.15, 0.2) is 0 Å². The minimum Gasteiger partial charge on any atom is -0.370 e. The number of nitrogens with zero attached hydrogens (tertiary/aromatic N) is 1. The van der Waals surface area contributed by atoms with Crippen LogP contribution in [0.25, 0.3) is 0 Å². The second kappa shape index (κ2) is 8.96. The standard InChI is InChI=1S/C23H22Cl3F3N2O/c24-18-11-16(12-19(25)20(18)26)22(23(27,28)29)8-10-31(13-22)17-5-1-14(2-6-17)7-9-30-21(32)15-3-4-15/h1-2,5-6,11-12,15H,3-4,7-10,13H2,(H,30,32). The van der Waals surface area contributed by atoms with Crippen LogP contribution in [0, 0.1) is 5.92 Å². The van der Waals surface area contributed by atoms with Gasteiger partial charge in [-0.15, -0.1) is 0 Å². The van der Waals surface area contributed by atoms with Gasteiger partial charge in [0.25, 0.3) is 0 Å². The molecule has 0 radical (unpaired) electrons. The van der Waals surface area contributed by atoms with E-state index in [2.05, 4.69) is 5.32 Å². The number of anilines is 1. The Bertz CT molecular complexity index is 986. The van der Waals surface area contributed by atoms with Crippen LogP contribution in [0.4, 0.5) is 18.9 Å². The van der Waals surface area contributed by atoms with Gasteiger partial charge in [0.2, 0.25) is 5.91 Å². The molecular weight excluding hydrogens is 484 g/mol. The number of halogens is 6. The third-order valence-corrected chi connectivity index (χ3v) is 7.51. The van der Waals surface area contributed by atoms with Crippen molar-refractivity contribution in [2.45, 2.75) is 37.3 Å². The fourth-order valence-electron chi connectivity index (χ4n) is 4.19. The van der Waals surface area contributed by atoms with E-state index in [0.717, 1.165) is 18.4 Å². The number of hydrogen-bond donors (Lipinski definition) is 1. The number of rotatable bonds is 6. The van der Waals surface area contributed by atoms with Gasteiger partial charge in [-0.3, -0.25) is 4.79 Å². The molecule has 2 aliphatic rings. The molecule has 1 aliphatic heterocycles. The molecule has 4 rings (SSSR count). The summed E-state index contributed by atoms with van der Waals surface area (Å²) >= 11 is 18.0. The molecule has 9 heteroatoms. The van der Waals surface area contributed by atoms with Crippen molar-refractivity contribution in [2.75, 3.05) is 24.5 Å². The summed E-state index contributed by atoms with van der Waals surface area (Å²) in [4.78, 5) is 13.4. The van der Waals surface area contributed by atoms with E-state index in [4.69, 9.17) is 34.8 Å². The number of nitrogens with one attached hydrogen (secondary N) is 1. The van der Waals surface area contributed by atoms with E-state index >= 15 is 0 Å². The largest absolute Gasteiger partial charge is 0.400 e. The van der Waals surface area contributed by atoms with Gasteiger partial charge in [-0.2, -0.15) is 13.2 Å². The van der Waals surface area contributed by atoms with Crippen LogP contribution < -0.4 is 10.2 Å². The van der Waals surface area contributed by atoms with Crippen molar-refractivity contribution in [3.8, 4) is 0 Å². The van der Waals surface area contributed by atoms with E-state index in [1.54, 1.807) is 4.90 Å². The Balaban J connectivity index is 1.48. The Morgan fingerprint density at radius 1 is 1.09 bits per heavy atom. The molecule has 172 valence electrons. The van der Waals surface area contributed by atoms with Crippen molar-refractivity contribution in [3.05, 3.63) is 62.6 Å². The highest BCUT2D eigenvalue weighted by atomic mass is 35.5. The van der Waals surface area contributed by atoms with Crippen LogP contribution in [0.15, 0.2) is 36.4 Å². The molecule has 2 aromatic rings. The molecule has 0 aromatic heterocycles. The molecule has 0 spiro atoms. The molecule has 1 heterocycles.